The third-order valence-corrected chi connectivity index (χ3v) is 2.89. The Morgan fingerprint density at radius 3 is 2.57 bits per heavy atom. The van der Waals surface area contributed by atoms with Crippen LogP contribution in [0, 0.1) is 6.07 Å². The van der Waals surface area contributed by atoms with Crippen LogP contribution in [-0.4, -0.2) is 14.2 Å². The molecule has 1 aromatic carbocycles. The first-order valence-electron chi connectivity index (χ1n) is 4.52. The summed E-state index contributed by atoms with van der Waals surface area (Å²) in [5.74, 6) is 0.419. The lowest BCUT2D eigenvalue weighted by Gasteiger charge is -2.05. The number of hydrogen-bond donors (Lipinski definition) is 0. The van der Waals surface area contributed by atoms with Gasteiger partial charge in [0.15, 0.2) is 0 Å². The van der Waals surface area contributed by atoms with Gasteiger partial charge in [0.05, 0.1) is 5.75 Å². The summed E-state index contributed by atoms with van der Waals surface area (Å²) in [6.45, 7) is 1.94. The van der Waals surface area contributed by atoms with Gasteiger partial charge in [0, 0.05) is 0 Å². The predicted molar refractivity (Wildman–Crippen MR) is 54.6 cm³/mol. The van der Waals surface area contributed by atoms with Gasteiger partial charge in [-0.3, -0.25) is 0 Å². The molecule has 0 amide bonds. The second-order valence-corrected chi connectivity index (χ2v) is 4.62. The van der Waals surface area contributed by atoms with Gasteiger partial charge in [0.25, 0.3) is 0 Å². The van der Waals surface area contributed by atoms with Crippen molar-refractivity contribution in [3.8, 4) is 5.75 Å². The van der Waals surface area contributed by atoms with E-state index in [1.807, 2.05) is 6.92 Å². The van der Waals surface area contributed by atoms with E-state index in [1.165, 1.54) is 0 Å². The van der Waals surface area contributed by atoms with E-state index in [0.717, 1.165) is 6.42 Å². The molecule has 1 radical (unpaired) electrons. The highest BCUT2D eigenvalue weighted by Crippen LogP contribution is 2.12. The average Bonchev–Trinajstić information content (AvgIpc) is 2.16. The van der Waals surface area contributed by atoms with Gasteiger partial charge >= 0.3 is 10.1 Å². The van der Waals surface area contributed by atoms with Crippen molar-refractivity contribution in [3.63, 3.8) is 0 Å². The molecule has 0 heterocycles. The van der Waals surface area contributed by atoms with E-state index in [9.17, 15) is 8.42 Å². The highest BCUT2D eigenvalue weighted by atomic mass is 32.2. The fraction of sp³-hybridized carbons (Fsp3) is 0.400. The summed E-state index contributed by atoms with van der Waals surface area (Å²) >= 11 is 0. The van der Waals surface area contributed by atoms with Crippen LogP contribution in [0.15, 0.2) is 24.3 Å². The van der Waals surface area contributed by atoms with Crippen molar-refractivity contribution >= 4 is 10.1 Å². The number of hydrogen-bond acceptors (Lipinski definition) is 3. The van der Waals surface area contributed by atoms with Gasteiger partial charge in [-0.25, -0.2) is 0 Å². The van der Waals surface area contributed by atoms with Crippen molar-refractivity contribution in [1.82, 2.24) is 0 Å². The zero-order chi connectivity index (χ0) is 10.4. The first-order chi connectivity index (χ1) is 6.64. The molecule has 0 aliphatic heterocycles. The quantitative estimate of drug-likeness (QED) is 0.702. The summed E-state index contributed by atoms with van der Waals surface area (Å²) in [7, 11) is -3.41. The van der Waals surface area contributed by atoms with Crippen LogP contribution in [0.3, 0.4) is 0 Å². The van der Waals surface area contributed by atoms with Crippen molar-refractivity contribution in [2.75, 3.05) is 5.75 Å². The van der Waals surface area contributed by atoms with Gasteiger partial charge in [0.1, 0.15) is 5.75 Å². The van der Waals surface area contributed by atoms with Gasteiger partial charge in [-0.1, -0.05) is 25.5 Å². The average molecular weight is 213 g/mol. The van der Waals surface area contributed by atoms with Gasteiger partial charge < -0.3 is 4.18 Å². The summed E-state index contributed by atoms with van der Waals surface area (Å²) in [5, 5.41) is 0. The van der Waals surface area contributed by atoms with E-state index in [4.69, 9.17) is 4.18 Å². The molecule has 0 N–H and O–H groups in total. The third-order valence-electron chi connectivity index (χ3n) is 1.66. The van der Waals surface area contributed by atoms with Crippen LogP contribution < -0.4 is 4.18 Å². The second-order valence-electron chi connectivity index (χ2n) is 2.93. The minimum Gasteiger partial charge on any atom is -0.382 e. The Hall–Kier alpha value is -1.03. The van der Waals surface area contributed by atoms with Crippen molar-refractivity contribution in [3.05, 3.63) is 30.3 Å². The smallest absolute Gasteiger partial charge is 0.309 e. The maximum Gasteiger partial charge on any atom is 0.309 e. The largest absolute Gasteiger partial charge is 0.382 e. The second kappa shape index (κ2) is 5.00. The summed E-state index contributed by atoms with van der Waals surface area (Å²) in [5.41, 5.74) is 0. The highest BCUT2D eigenvalue weighted by molar-refractivity contribution is 7.87. The van der Waals surface area contributed by atoms with E-state index in [-0.39, 0.29) is 5.75 Å². The van der Waals surface area contributed by atoms with Gasteiger partial charge in [0.2, 0.25) is 0 Å². The zero-order valence-electron chi connectivity index (χ0n) is 8.06. The Bertz CT molecular complexity index is 356. The van der Waals surface area contributed by atoms with Crippen molar-refractivity contribution in [1.29, 1.82) is 0 Å². The maximum absolute atomic E-state index is 11.3. The lowest BCUT2D eigenvalue weighted by molar-refractivity contribution is 0.483. The zero-order valence-corrected chi connectivity index (χ0v) is 8.88. The molecule has 0 aliphatic rings. The molecule has 3 nitrogen and oxygen atoms in total. The SMILES string of the molecule is CCCCS(=O)(=O)Oc1cc[c]cc1. The summed E-state index contributed by atoms with van der Waals surface area (Å²) in [6.07, 6.45) is 1.46. The Balaban J connectivity index is 2.60. The van der Waals surface area contributed by atoms with Gasteiger partial charge in [-0.15, -0.1) is 0 Å². The Kier molecular flexibility index (Phi) is 3.95. The number of rotatable bonds is 5. The van der Waals surface area contributed by atoms with E-state index in [2.05, 4.69) is 6.07 Å². The molecule has 0 atom stereocenters. The van der Waals surface area contributed by atoms with Crippen molar-refractivity contribution in [2.24, 2.45) is 0 Å². The van der Waals surface area contributed by atoms with E-state index in [0.29, 0.717) is 12.2 Å². The summed E-state index contributed by atoms with van der Waals surface area (Å²) in [6, 6.07) is 9.16. The van der Waals surface area contributed by atoms with Crippen molar-refractivity contribution < 1.29 is 12.6 Å². The lowest BCUT2D eigenvalue weighted by Crippen LogP contribution is -2.13. The monoisotopic (exact) mass is 213 g/mol. The van der Waals surface area contributed by atoms with Crippen LogP contribution in [0.1, 0.15) is 19.8 Å². The summed E-state index contributed by atoms with van der Waals surface area (Å²) in [4.78, 5) is 0. The predicted octanol–water partition coefficient (Wildman–Crippen LogP) is 2.00. The summed E-state index contributed by atoms with van der Waals surface area (Å²) < 4.78 is 27.5. The van der Waals surface area contributed by atoms with Crippen LogP contribution in [0.2, 0.25) is 0 Å². The first kappa shape index (κ1) is 11.0. The maximum atomic E-state index is 11.3. The van der Waals surface area contributed by atoms with Gasteiger partial charge in [-0.2, -0.15) is 8.42 Å². The highest BCUT2D eigenvalue weighted by Gasteiger charge is 2.10. The normalized spacial score (nSPS) is 11.2. The van der Waals surface area contributed by atoms with Crippen LogP contribution in [0.4, 0.5) is 0 Å². The minimum absolute atomic E-state index is 0.0715. The Labute approximate surface area is 84.8 Å². The molecule has 0 unspecified atom stereocenters. The fourth-order valence-corrected chi connectivity index (χ4v) is 2.07. The fourth-order valence-electron chi connectivity index (χ4n) is 0.937. The van der Waals surface area contributed by atoms with Crippen LogP contribution in [0.5, 0.6) is 5.75 Å². The van der Waals surface area contributed by atoms with Gasteiger partial charge in [-0.05, 0) is 24.6 Å². The van der Waals surface area contributed by atoms with Crippen LogP contribution in [0.25, 0.3) is 0 Å². The topological polar surface area (TPSA) is 43.4 Å². The molecule has 0 aliphatic carbocycles. The molecule has 0 saturated heterocycles. The van der Waals surface area contributed by atoms with E-state index < -0.39 is 10.1 Å². The molecule has 77 valence electrons. The molecule has 0 bridgehead atoms. The molecule has 14 heavy (non-hydrogen) atoms. The minimum atomic E-state index is -3.41. The van der Waals surface area contributed by atoms with Crippen LogP contribution >= 0.6 is 0 Å². The lowest BCUT2D eigenvalue weighted by atomic mass is 10.3. The van der Waals surface area contributed by atoms with Crippen molar-refractivity contribution in [2.45, 2.75) is 19.8 Å². The Morgan fingerprint density at radius 1 is 1.36 bits per heavy atom. The molecule has 4 heteroatoms. The van der Waals surface area contributed by atoms with E-state index >= 15 is 0 Å². The molecule has 0 fully saturated rings. The molecule has 0 spiro atoms. The first-order valence-corrected chi connectivity index (χ1v) is 6.10. The molecule has 0 saturated carbocycles. The Morgan fingerprint density at radius 2 is 2.00 bits per heavy atom. The van der Waals surface area contributed by atoms with Crippen LogP contribution in [-0.2, 0) is 10.1 Å². The molecule has 0 aromatic heterocycles. The number of unbranched alkanes of at least 4 members (excludes halogenated alkanes) is 1. The van der Waals surface area contributed by atoms with E-state index in [1.54, 1.807) is 24.3 Å². The molecule has 1 rings (SSSR count). The molecular formula is C10H13O3S. The standard InChI is InChI=1S/C10H13O3S/c1-2-3-9-14(11,12)13-10-7-5-4-6-8-10/h5-8H,2-3,9H2,1H3. The molecular weight excluding hydrogens is 200 g/mol. The number of benzene rings is 1. The molecule has 1 aromatic rings. The third kappa shape index (κ3) is 3.79.